The highest BCUT2D eigenvalue weighted by Gasteiger charge is 2.30. The molecule has 2 aromatic rings. The van der Waals surface area contributed by atoms with Gasteiger partial charge in [0.05, 0.1) is 19.8 Å². The van der Waals surface area contributed by atoms with Crippen LogP contribution in [0.2, 0.25) is 0 Å². The number of alkyl halides is 3. The van der Waals surface area contributed by atoms with Crippen molar-refractivity contribution in [2.24, 2.45) is 0 Å². The number of carbonyl (C=O) groups is 1. The van der Waals surface area contributed by atoms with E-state index in [2.05, 4.69) is 21.2 Å². The summed E-state index contributed by atoms with van der Waals surface area (Å²) in [6, 6.07) is 7.85. The average molecular weight is 432 g/mol. The summed E-state index contributed by atoms with van der Waals surface area (Å²) in [6.45, 7) is 0.253. The van der Waals surface area contributed by atoms with E-state index in [1.54, 1.807) is 12.1 Å². The molecule has 8 heteroatoms. The van der Waals surface area contributed by atoms with Crippen molar-refractivity contribution in [3.63, 3.8) is 0 Å². The van der Waals surface area contributed by atoms with Crippen molar-refractivity contribution >= 4 is 21.8 Å². The van der Waals surface area contributed by atoms with Crippen LogP contribution in [-0.2, 0) is 12.6 Å². The molecule has 1 amide bonds. The molecule has 0 aromatic heterocycles. The molecule has 0 aliphatic carbocycles. The first-order valence-corrected chi connectivity index (χ1v) is 8.41. The normalized spacial score (nSPS) is 11.2. The Kier molecular flexibility index (Phi) is 6.52. The van der Waals surface area contributed by atoms with E-state index >= 15 is 0 Å². The summed E-state index contributed by atoms with van der Waals surface area (Å²) in [5, 5.41) is 2.62. The first-order chi connectivity index (χ1) is 12.3. The number of benzene rings is 2. The molecular formula is C18H17BrF3NO3. The summed E-state index contributed by atoms with van der Waals surface area (Å²) in [5.74, 6) is 0.554. The maximum atomic E-state index is 12.7. The van der Waals surface area contributed by atoms with Gasteiger partial charge in [0.2, 0.25) is 0 Å². The highest BCUT2D eigenvalue weighted by molar-refractivity contribution is 9.10. The number of hydrogen-bond acceptors (Lipinski definition) is 3. The van der Waals surface area contributed by atoms with E-state index in [9.17, 15) is 18.0 Å². The third-order valence-corrected chi connectivity index (χ3v) is 4.42. The molecule has 0 fully saturated rings. The van der Waals surface area contributed by atoms with E-state index in [4.69, 9.17) is 9.47 Å². The zero-order valence-electron chi connectivity index (χ0n) is 14.1. The quantitative estimate of drug-likeness (QED) is 0.734. The van der Waals surface area contributed by atoms with Gasteiger partial charge in [-0.05, 0) is 42.3 Å². The standard InChI is InChI=1S/C18H17BrF3NO3/c1-25-15-9-11(14(19)10-16(15)26-2)6-7-23-17(24)12-4-3-5-13(8-12)18(20,21)22/h3-5,8-10H,6-7H2,1-2H3,(H,23,24). The summed E-state index contributed by atoms with van der Waals surface area (Å²) in [4.78, 5) is 12.1. The minimum Gasteiger partial charge on any atom is -0.493 e. The van der Waals surface area contributed by atoms with Crippen LogP contribution in [0.1, 0.15) is 21.5 Å². The average Bonchev–Trinajstić information content (AvgIpc) is 2.61. The zero-order chi connectivity index (χ0) is 19.3. The van der Waals surface area contributed by atoms with Crippen LogP contribution in [0, 0.1) is 0 Å². The number of nitrogens with one attached hydrogen (secondary N) is 1. The van der Waals surface area contributed by atoms with Gasteiger partial charge in [0, 0.05) is 16.6 Å². The molecule has 2 aromatic carbocycles. The van der Waals surface area contributed by atoms with Gasteiger partial charge >= 0.3 is 6.18 Å². The third-order valence-electron chi connectivity index (χ3n) is 3.68. The molecule has 0 unspecified atom stereocenters. The molecule has 0 heterocycles. The summed E-state index contributed by atoms with van der Waals surface area (Å²) in [6.07, 6.45) is -4.02. The molecule has 0 aliphatic heterocycles. The van der Waals surface area contributed by atoms with Crippen molar-refractivity contribution < 1.29 is 27.4 Å². The van der Waals surface area contributed by atoms with Gasteiger partial charge in [-0.3, -0.25) is 4.79 Å². The van der Waals surface area contributed by atoms with Crippen molar-refractivity contribution in [3.8, 4) is 11.5 Å². The number of ether oxygens (including phenoxy) is 2. The minimum absolute atomic E-state index is 0.0359. The Morgan fingerprint density at radius 1 is 1.12 bits per heavy atom. The predicted octanol–water partition coefficient (Wildman–Crippen LogP) is 4.46. The van der Waals surface area contributed by atoms with Crippen molar-refractivity contribution in [1.29, 1.82) is 0 Å². The fourth-order valence-corrected chi connectivity index (χ4v) is 2.86. The molecule has 0 bridgehead atoms. The second-order valence-corrected chi connectivity index (χ2v) is 6.24. The van der Waals surface area contributed by atoms with Gasteiger partial charge in [-0.1, -0.05) is 22.0 Å². The Morgan fingerprint density at radius 2 is 1.77 bits per heavy atom. The highest BCUT2D eigenvalue weighted by atomic mass is 79.9. The lowest BCUT2D eigenvalue weighted by molar-refractivity contribution is -0.137. The van der Waals surface area contributed by atoms with E-state index in [0.29, 0.717) is 17.9 Å². The lowest BCUT2D eigenvalue weighted by Crippen LogP contribution is -2.26. The summed E-state index contributed by atoms with van der Waals surface area (Å²) in [7, 11) is 3.05. The Balaban J connectivity index is 2.03. The summed E-state index contributed by atoms with van der Waals surface area (Å²) < 4.78 is 49.4. The number of rotatable bonds is 6. The number of carbonyl (C=O) groups excluding carboxylic acids is 1. The molecule has 140 valence electrons. The largest absolute Gasteiger partial charge is 0.493 e. The Labute approximate surface area is 157 Å². The zero-order valence-corrected chi connectivity index (χ0v) is 15.7. The van der Waals surface area contributed by atoms with Gasteiger partial charge in [-0.2, -0.15) is 13.2 Å². The maximum absolute atomic E-state index is 12.7. The third kappa shape index (κ3) is 4.91. The van der Waals surface area contributed by atoms with Crippen molar-refractivity contribution in [1.82, 2.24) is 5.32 Å². The molecule has 0 radical (unpaired) electrons. The van der Waals surface area contributed by atoms with Crippen molar-refractivity contribution in [2.75, 3.05) is 20.8 Å². The maximum Gasteiger partial charge on any atom is 0.416 e. The number of halogens is 4. The van der Waals surface area contributed by atoms with Crippen molar-refractivity contribution in [2.45, 2.75) is 12.6 Å². The summed E-state index contributed by atoms with van der Waals surface area (Å²) >= 11 is 3.42. The second-order valence-electron chi connectivity index (χ2n) is 5.38. The molecule has 2 rings (SSSR count). The van der Waals surface area contributed by atoms with E-state index in [1.807, 2.05) is 0 Å². The fraction of sp³-hybridized carbons (Fsp3) is 0.278. The predicted molar refractivity (Wildman–Crippen MR) is 94.7 cm³/mol. The van der Waals surface area contributed by atoms with Gasteiger partial charge in [0.15, 0.2) is 11.5 Å². The number of amides is 1. The molecule has 0 saturated carbocycles. The Morgan fingerprint density at radius 3 is 2.38 bits per heavy atom. The van der Waals surface area contributed by atoms with Crippen LogP contribution in [0.25, 0.3) is 0 Å². The summed E-state index contributed by atoms with van der Waals surface area (Å²) in [5.41, 5.74) is -0.0222. The van der Waals surface area contributed by atoms with Crippen LogP contribution in [0.5, 0.6) is 11.5 Å². The number of hydrogen-bond donors (Lipinski definition) is 1. The first kappa shape index (κ1) is 20.1. The minimum atomic E-state index is -4.49. The van der Waals surface area contributed by atoms with Crippen LogP contribution in [-0.4, -0.2) is 26.7 Å². The molecule has 0 saturated heterocycles. The van der Waals surface area contributed by atoms with E-state index in [0.717, 1.165) is 22.2 Å². The van der Waals surface area contributed by atoms with Crippen LogP contribution >= 0.6 is 15.9 Å². The molecule has 0 spiro atoms. The fourth-order valence-electron chi connectivity index (χ4n) is 2.34. The van der Waals surface area contributed by atoms with Crippen LogP contribution in [0.3, 0.4) is 0 Å². The SMILES string of the molecule is COc1cc(Br)c(CCNC(=O)c2cccc(C(F)(F)F)c2)cc1OC. The Hall–Kier alpha value is -2.22. The lowest BCUT2D eigenvalue weighted by Gasteiger charge is -2.13. The van der Waals surface area contributed by atoms with Gasteiger partial charge in [-0.15, -0.1) is 0 Å². The molecule has 1 N–H and O–H groups in total. The first-order valence-electron chi connectivity index (χ1n) is 7.62. The van der Waals surface area contributed by atoms with Crippen molar-refractivity contribution in [3.05, 3.63) is 57.6 Å². The van der Waals surface area contributed by atoms with Gasteiger partial charge in [0.25, 0.3) is 5.91 Å². The smallest absolute Gasteiger partial charge is 0.416 e. The Bertz CT molecular complexity index is 794. The molecule has 0 aliphatic rings. The van der Waals surface area contributed by atoms with Gasteiger partial charge in [-0.25, -0.2) is 0 Å². The van der Waals surface area contributed by atoms with E-state index in [-0.39, 0.29) is 12.1 Å². The van der Waals surface area contributed by atoms with Crippen LogP contribution in [0.15, 0.2) is 40.9 Å². The van der Waals surface area contributed by atoms with Gasteiger partial charge < -0.3 is 14.8 Å². The monoisotopic (exact) mass is 431 g/mol. The topological polar surface area (TPSA) is 47.6 Å². The van der Waals surface area contributed by atoms with E-state index in [1.165, 1.54) is 26.4 Å². The number of methoxy groups -OCH3 is 2. The highest BCUT2D eigenvalue weighted by Crippen LogP contribution is 2.33. The van der Waals surface area contributed by atoms with Crippen LogP contribution < -0.4 is 14.8 Å². The molecular weight excluding hydrogens is 415 g/mol. The molecule has 4 nitrogen and oxygen atoms in total. The van der Waals surface area contributed by atoms with Crippen LogP contribution in [0.4, 0.5) is 13.2 Å². The van der Waals surface area contributed by atoms with Gasteiger partial charge in [0.1, 0.15) is 0 Å². The molecule has 0 atom stereocenters. The second kappa shape index (κ2) is 8.44. The van der Waals surface area contributed by atoms with E-state index < -0.39 is 17.6 Å². The lowest BCUT2D eigenvalue weighted by atomic mass is 10.1. The molecule has 26 heavy (non-hydrogen) atoms.